The molecule has 1 atom stereocenters. The summed E-state index contributed by atoms with van der Waals surface area (Å²) in [4.78, 5) is 0. The highest BCUT2D eigenvalue weighted by Crippen LogP contribution is 2.24. The third kappa shape index (κ3) is 3.64. The molecule has 3 nitrogen and oxygen atoms in total. The minimum Gasteiger partial charge on any atom is -0.497 e. The predicted molar refractivity (Wildman–Crippen MR) is 81.2 cm³/mol. The van der Waals surface area contributed by atoms with Crippen molar-refractivity contribution in [2.75, 3.05) is 13.7 Å². The first kappa shape index (κ1) is 14.7. The van der Waals surface area contributed by atoms with Crippen LogP contribution in [0.15, 0.2) is 41.0 Å². The summed E-state index contributed by atoms with van der Waals surface area (Å²) >= 11 is 0. The van der Waals surface area contributed by atoms with Gasteiger partial charge in [-0.25, -0.2) is 0 Å². The number of rotatable bonds is 7. The monoisotopic (exact) mass is 273 g/mol. The molecule has 0 amide bonds. The second kappa shape index (κ2) is 7.15. The van der Waals surface area contributed by atoms with Gasteiger partial charge in [0.2, 0.25) is 0 Å². The number of hydrogen-bond acceptors (Lipinski definition) is 3. The summed E-state index contributed by atoms with van der Waals surface area (Å²) in [5.74, 6) is 1.91. The van der Waals surface area contributed by atoms with E-state index in [1.54, 1.807) is 13.4 Å². The first-order valence-corrected chi connectivity index (χ1v) is 7.15. The topological polar surface area (TPSA) is 34.4 Å². The predicted octanol–water partition coefficient (Wildman–Crippen LogP) is 3.88. The van der Waals surface area contributed by atoms with Gasteiger partial charge in [0.25, 0.3) is 0 Å². The van der Waals surface area contributed by atoms with E-state index in [1.165, 1.54) is 11.1 Å². The van der Waals surface area contributed by atoms with Gasteiger partial charge in [-0.05, 0) is 50.1 Å². The van der Waals surface area contributed by atoms with Crippen LogP contribution in [-0.2, 0) is 6.42 Å². The molecule has 0 saturated heterocycles. The molecule has 1 aromatic carbocycles. The highest BCUT2D eigenvalue weighted by molar-refractivity contribution is 5.28. The van der Waals surface area contributed by atoms with Gasteiger partial charge < -0.3 is 14.5 Å². The van der Waals surface area contributed by atoms with E-state index in [1.807, 2.05) is 19.1 Å². The first-order chi connectivity index (χ1) is 9.74. The SMILES string of the molecule is CCNC(CCc1ccc(OC)cc1)c1ccoc1C. The zero-order chi connectivity index (χ0) is 14.4. The second-order valence-corrected chi connectivity index (χ2v) is 4.93. The Morgan fingerprint density at radius 2 is 1.95 bits per heavy atom. The third-order valence-electron chi connectivity index (χ3n) is 3.61. The van der Waals surface area contributed by atoms with Gasteiger partial charge in [0, 0.05) is 11.6 Å². The standard InChI is InChI=1S/C17H23NO2/c1-4-18-17(16-11-12-20-13(16)2)10-7-14-5-8-15(19-3)9-6-14/h5-6,8-9,11-12,17-18H,4,7,10H2,1-3H3. The number of benzene rings is 1. The molecule has 0 fully saturated rings. The minimum atomic E-state index is 0.348. The third-order valence-corrected chi connectivity index (χ3v) is 3.61. The van der Waals surface area contributed by atoms with E-state index in [-0.39, 0.29) is 0 Å². The summed E-state index contributed by atoms with van der Waals surface area (Å²) in [6.45, 7) is 5.11. The molecule has 1 heterocycles. The zero-order valence-corrected chi connectivity index (χ0v) is 12.5. The summed E-state index contributed by atoms with van der Waals surface area (Å²) in [6, 6.07) is 10.7. The molecule has 20 heavy (non-hydrogen) atoms. The lowest BCUT2D eigenvalue weighted by molar-refractivity contribution is 0.414. The molecular formula is C17H23NO2. The van der Waals surface area contributed by atoms with Crippen molar-refractivity contribution in [3.63, 3.8) is 0 Å². The maximum Gasteiger partial charge on any atom is 0.118 e. The summed E-state index contributed by atoms with van der Waals surface area (Å²) < 4.78 is 10.6. The Hall–Kier alpha value is -1.74. The fraction of sp³-hybridized carbons (Fsp3) is 0.412. The lowest BCUT2D eigenvalue weighted by Gasteiger charge is -2.17. The summed E-state index contributed by atoms with van der Waals surface area (Å²) in [5.41, 5.74) is 2.59. The van der Waals surface area contributed by atoms with Crippen molar-refractivity contribution in [3.8, 4) is 5.75 Å². The average Bonchev–Trinajstić information content (AvgIpc) is 2.90. The Morgan fingerprint density at radius 3 is 2.50 bits per heavy atom. The highest BCUT2D eigenvalue weighted by atomic mass is 16.5. The molecule has 108 valence electrons. The molecule has 0 spiro atoms. The fourth-order valence-electron chi connectivity index (χ4n) is 2.47. The minimum absolute atomic E-state index is 0.348. The molecule has 0 radical (unpaired) electrons. The van der Waals surface area contributed by atoms with Gasteiger partial charge in [0.15, 0.2) is 0 Å². The van der Waals surface area contributed by atoms with E-state index in [9.17, 15) is 0 Å². The van der Waals surface area contributed by atoms with E-state index in [4.69, 9.17) is 9.15 Å². The molecule has 2 aromatic rings. The molecule has 1 aromatic heterocycles. The maximum absolute atomic E-state index is 5.42. The smallest absolute Gasteiger partial charge is 0.118 e. The maximum atomic E-state index is 5.42. The van der Waals surface area contributed by atoms with E-state index in [0.717, 1.165) is 30.9 Å². The van der Waals surface area contributed by atoms with Gasteiger partial charge in [0.1, 0.15) is 11.5 Å². The van der Waals surface area contributed by atoms with Gasteiger partial charge in [-0.1, -0.05) is 19.1 Å². The Bertz CT molecular complexity index is 516. The van der Waals surface area contributed by atoms with Crippen LogP contribution in [0.25, 0.3) is 0 Å². The van der Waals surface area contributed by atoms with Crippen LogP contribution in [0.3, 0.4) is 0 Å². The van der Waals surface area contributed by atoms with E-state index in [0.29, 0.717) is 6.04 Å². The van der Waals surface area contributed by atoms with Crippen molar-refractivity contribution in [2.45, 2.75) is 32.7 Å². The van der Waals surface area contributed by atoms with Crippen LogP contribution in [-0.4, -0.2) is 13.7 Å². The lowest BCUT2D eigenvalue weighted by Crippen LogP contribution is -2.21. The van der Waals surface area contributed by atoms with Gasteiger partial charge >= 0.3 is 0 Å². The number of ether oxygens (including phenoxy) is 1. The second-order valence-electron chi connectivity index (χ2n) is 4.93. The van der Waals surface area contributed by atoms with Crippen molar-refractivity contribution in [1.82, 2.24) is 5.32 Å². The molecule has 1 N–H and O–H groups in total. The van der Waals surface area contributed by atoms with Gasteiger partial charge in [-0.15, -0.1) is 0 Å². The van der Waals surface area contributed by atoms with Crippen molar-refractivity contribution >= 4 is 0 Å². The highest BCUT2D eigenvalue weighted by Gasteiger charge is 2.14. The molecule has 3 heteroatoms. The van der Waals surface area contributed by atoms with Crippen LogP contribution < -0.4 is 10.1 Å². The average molecular weight is 273 g/mol. The van der Waals surface area contributed by atoms with Gasteiger partial charge in [0.05, 0.1) is 13.4 Å². The van der Waals surface area contributed by atoms with E-state index >= 15 is 0 Å². The normalized spacial score (nSPS) is 12.3. The summed E-state index contributed by atoms with van der Waals surface area (Å²) in [5, 5.41) is 3.53. The van der Waals surface area contributed by atoms with Crippen LogP contribution in [0.2, 0.25) is 0 Å². The van der Waals surface area contributed by atoms with Crippen LogP contribution in [0.5, 0.6) is 5.75 Å². The molecular weight excluding hydrogens is 250 g/mol. The number of nitrogens with one attached hydrogen (secondary N) is 1. The number of aryl methyl sites for hydroxylation is 2. The molecule has 0 bridgehead atoms. The van der Waals surface area contributed by atoms with Crippen molar-refractivity contribution in [2.24, 2.45) is 0 Å². The zero-order valence-electron chi connectivity index (χ0n) is 12.5. The fourth-order valence-corrected chi connectivity index (χ4v) is 2.47. The van der Waals surface area contributed by atoms with Crippen LogP contribution in [0.1, 0.15) is 36.3 Å². The van der Waals surface area contributed by atoms with Gasteiger partial charge in [-0.2, -0.15) is 0 Å². The van der Waals surface area contributed by atoms with Crippen LogP contribution in [0, 0.1) is 6.92 Å². The molecule has 0 aliphatic rings. The van der Waals surface area contributed by atoms with Crippen molar-refractivity contribution in [1.29, 1.82) is 0 Å². The quantitative estimate of drug-likeness (QED) is 0.831. The van der Waals surface area contributed by atoms with Crippen LogP contribution in [0.4, 0.5) is 0 Å². The Balaban J connectivity index is 2.00. The molecule has 0 saturated carbocycles. The molecule has 0 aliphatic heterocycles. The Kier molecular flexibility index (Phi) is 5.24. The Labute approximate surface area is 121 Å². The summed E-state index contributed by atoms with van der Waals surface area (Å²) in [7, 11) is 1.69. The first-order valence-electron chi connectivity index (χ1n) is 7.15. The summed E-state index contributed by atoms with van der Waals surface area (Å²) in [6.07, 6.45) is 3.86. The van der Waals surface area contributed by atoms with Crippen LogP contribution >= 0.6 is 0 Å². The number of furan rings is 1. The van der Waals surface area contributed by atoms with Gasteiger partial charge in [-0.3, -0.25) is 0 Å². The van der Waals surface area contributed by atoms with E-state index < -0.39 is 0 Å². The van der Waals surface area contributed by atoms with Crippen molar-refractivity contribution < 1.29 is 9.15 Å². The molecule has 1 unspecified atom stereocenters. The molecule has 2 rings (SSSR count). The van der Waals surface area contributed by atoms with Crippen molar-refractivity contribution in [3.05, 3.63) is 53.5 Å². The number of hydrogen-bond donors (Lipinski definition) is 1. The lowest BCUT2D eigenvalue weighted by atomic mass is 9.99. The Morgan fingerprint density at radius 1 is 1.20 bits per heavy atom. The largest absolute Gasteiger partial charge is 0.497 e. The number of methoxy groups -OCH3 is 1. The van der Waals surface area contributed by atoms with E-state index in [2.05, 4.69) is 30.4 Å². The molecule has 0 aliphatic carbocycles.